The number of nitrogens with one attached hydrogen (secondary N) is 1. The molecule has 1 aliphatic heterocycles. The van der Waals surface area contributed by atoms with Gasteiger partial charge in [-0.15, -0.1) is 21.5 Å². The number of hydrogen-bond acceptors (Lipinski definition) is 11. The van der Waals surface area contributed by atoms with Gasteiger partial charge >= 0.3 is 5.97 Å². The molecule has 3 aromatic heterocycles. The molecule has 0 radical (unpaired) electrons. The summed E-state index contributed by atoms with van der Waals surface area (Å²) in [6, 6.07) is 5.38. The summed E-state index contributed by atoms with van der Waals surface area (Å²) >= 11 is 2.41. The van der Waals surface area contributed by atoms with Gasteiger partial charge in [0.25, 0.3) is 10.8 Å². The fraction of sp³-hybridized carbons (Fsp3) is 0.286. The second-order valence-corrected chi connectivity index (χ2v) is 9.40. The Morgan fingerprint density at radius 2 is 2.12 bits per heavy atom. The average molecular weight is 487 g/mol. The van der Waals surface area contributed by atoms with E-state index in [0.29, 0.717) is 54.7 Å². The highest BCUT2D eigenvalue weighted by atomic mass is 32.2. The molecule has 0 saturated heterocycles. The van der Waals surface area contributed by atoms with Crippen molar-refractivity contribution in [2.45, 2.75) is 31.2 Å². The van der Waals surface area contributed by atoms with Crippen molar-refractivity contribution in [3.63, 3.8) is 0 Å². The number of benzene rings is 1. The molecule has 5 rings (SSSR count). The Hall–Kier alpha value is -3.38. The summed E-state index contributed by atoms with van der Waals surface area (Å²) < 4.78 is 21.6. The smallest absolute Gasteiger partial charge is 0.348 e. The maximum absolute atomic E-state index is 12.7. The van der Waals surface area contributed by atoms with Gasteiger partial charge in [0.2, 0.25) is 12.7 Å². The van der Waals surface area contributed by atoms with E-state index in [1.165, 1.54) is 11.8 Å². The second kappa shape index (κ2) is 8.52. The van der Waals surface area contributed by atoms with Gasteiger partial charge in [-0.2, -0.15) is 0 Å². The highest BCUT2D eigenvalue weighted by Crippen LogP contribution is 2.38. The molecule has 170 valence electrons. The minimum atomic E-state index is -0.455. The summed E-state index contributed by atoms with van der Waals surface area (Å²) in [6.45, 7) is 5.76. The molecule has 1 aliphatic rings. The molecule has 4 heterocycles. The minimum absolute atomic E-state index is 0.182. The number of carbonyl (C=O) groups is 1. The number of aromatic nitrogens is 4. The molecule has 0 amide bonds. The van der Waals surface area contributed by atoms with Gasteiger partial charge in [0, 0.05) is 5.56 Å². The van der Waals surface area contributed by atoms with Crippen LogP contribution < -0.4 is 15.0 Å². The zero-order valence-corrected chi connectivity index (χ0v) is 19.5. The van der Waals surface area contributed by atoms with Gasteiger partial charge in [-0.3, -0.25) is 4.79 Å². The lowest BCUT2D eigenvalue weighted by Crippen LogP contribution is -2.12. The molecule has 10 nitrogen and oxygen atoms in total. The Bertz CT molecular complexity index is 1430. The molecular formula is C21H18N4O6S2. The summed E-state index contributed by atoms with van der Waals surface area (Å²) in [5.41, 5.74) is 0.970. The molecule has 0 aliphatic carbocycles. The first kappa shape index (κ1) is 21.5. The fourth-order valence-corrected chi connectivity index (χ4v) is 5.18. The van der Waals surface area contributed by atoms with Crippen LogP contribution in [0, 0.1) is 6.92 Å². The van der Waals surface area contributed by atoms with Crippen LogP contribution in [0.4, 0.5) is 0 Å². The Morgan fingerprint density at radius 3 is 2.94 bits per heavy atom. The number of rotatable bonds is 6. The third-order valence-electron chi connectivity index (χ3n) is 4.97. The Morgan fingerprint density at radius 1 is 1.30 bits per heavy atom. The molecule has 0 fully saturated rings. The Labute approximate surface area is 195 Å². The largest absolute Gasteiger partial charge is 0.462 e. The van der Waals surface area contributed by atoms with E-state index >= 15 is 0 Å². The van der Waals surface area contributed by atoms with Gasteiger partial charge < -0.3 is 23.6 Å². The Balaban J connectivity index is 1.39. The standard InChI is InChI=1S/C21H18N4O6S2/c1-4-28-20(27)15-9(2)14-17(26)22-16(23-19(14)33-15)10(3)32-21-25-24-18(31-21)11-5-6-12-13(7-11)30-8-29-12/h5-7,10H,4,8H2,1-3H3,(H,22,23,26). The van der Waals surface area contributed by atoms with E-state index in [-0.39, 0.29) is 24.2 Å². The van der Waals surface area contributed by atoms with E-state index < -0.39 is 5.97 Å². The second-order valence-electron chi connectivity index (χ2n) is 7.11. The number of aryl methyl sites for hydroxylation is 1. The molecule has 1 N–H and O–H groups in total. The van der Waals surface area contributed by atoms with Crippen LogP contribution >= 0.6 is 23.1 Å². The maximum Gasteiger partial charge on any atom is 0.348 e. The van der Waals surface area contributed by atoms with E-state index in [1.807, 2.05) is 13.0 Å². The molecule has 4 aromatic rings. The van der Waals surface area contributed by atoms with Crippen LogP contribution in [0.2, 0.25) is 0 Å². The van der Waals surface area contributed by atoms with E-state index in [1.54, 1.807) is 26.0 Å². The summed E-state index contributed by atoms with van der Waals surface area (Å²) in [7, 11) is 0. The molecule has 1 atom stereocenters. The topological polar surface area (TPSA) is 129 Å². The number of thioether (sulfide) groups is 1. The van der Waals surface area contributed by atoms with E-state index in [4.69, 9.17) is 18.6 Å². The molecule has 1 aromatic carbocycles. The van der Waals surface area contributed by atoms with Crippen molar-refractivity contribution in [1.82, 2.24) is 20.2 Å². The van der Waals surface area contributed by atoms with Crippen LogP contribution in [0.25, 0.3) is 21.7 Å². The summed E-state index contributed by atoms with van der Waals surface area (Å²) in [5, 5.41) is 8.63. The molecule has 12 heteroatoms. The zero-order valence-electron chi connectivity index (χ0n) is 17.8. The Kier molecular flexibility index (Phi) is 5.54. The van der Waals surface area contributed by atoms with E-state index in [0.717, 1.165) is 11.3 Å². The minimum Gasteiger partial charge on any atom is -0.462 e. The average Bonchev–Trinajstić information content (AvgIpc) is 3.52. The number of carbonyl (C=O) groups excluding carboxylic acids is 1. The van der Waals surface area contributed by atoms with Gasteiger partial charge in [0.1, 0.15) is 15.5 Å². The lowest BCUT2D eigenvalue weighted by atomic mass is 10.2. The number of fused-ring (bicyclic) bond motifs is 2. The molecule has 33 heavy (non-hydrogen) atoms. The van der Waals surface area contributed by atoms with Crippen molar-refractivity contribution < 1.29 is 23.4 Å². The highest BCUT2D eigenvalue weighted by Gasteiger charge is 2.23. The summed E-state index contributed by atoms with van der Waals surface area (Å²) in [5.74, 6) is 1.62. The fourth-order valence-electron chi connectivity index (χ4n) is 3.36. The lowest BCUT2D eigenvalue weighted by Gasteiger charge is -2.07. The predicted octanol–water partition coefficient (Wildman–Crippen LogP) is 4.10. The van der Waals surface area contributed by atoms with Crippen LogP contribution in [0.15, 0.2) is 32.6 Å². The van der Waals surface area contributed by atoms with Crippen molar-refractivity contribution in [2.75, 3.05) is 13.4 Å². The van der Waals surface area contributed by atoms with Crippen LogP contribution in [0.1, 0.15) is 40.2 Å². The number of thiophene rings is 1. The summed E-state index contributed by atoms with van der Waals surface area (Å²) in [4.78, 5) is 33.2. The van der Waals surface area contributed by atoms with Gasteiger partial charge in [-0.05, 0) is 44.5 Å². The third kappa shape index (κ3) is 3.95. The van der Waals surface area contributed by atoms with Gasteiger partial charge in [-0.1, -0.05) is 11.8 Å². The van der Waals surface area contributed by atoms with Crippen LogP contribution in [0.3, 0.4) is 0 Å². The van der Waals surface area contributed by atoms with Crippen LogP contribution in [-0.2, 0) is 4.74 Å². The number of H-pyrrole nitrogens is 1. The SMILES string of the molecule is CCOC(=O)c1sc2nc(C(C)Sc3nnc(-c4ccc5c(c4)OCO5)o3)[nH]c(=O)c2c1C. The predicted molar refractivity (Wildman–Crippen MR) is 121 cm³/mol. The van der Waals surface area contributed by atoms with E-state index in [9.17, 15) is 9.59 Å². The van der Waals surface area contributed by atoms with Gasteiger partial charge in [0.05, 0.1) is 17.2 Å². The number of hydrogen-bond donors (Lipinski definition) is 1. The molecule has 1 unspecified atom stereocenters. The van der Waals surface area contributed by atoms with Crippen LogP contribution in [-0.4, -0.2) is 39.5 Å². The van der Waals surface area contributed by atoms with Gasteiger partial charge in [0.15, 0.2) is 11.5 Å². The third-order valence-corrected chi connectivity index (χ3v) is 7.08. The van der Waals surface area contributed by atoms with Crippen molar-refractivity contribution >= 4 is 39.3 Å². The first-order valence-electron chi connectivity index (χ1n) is 10.0. The van der Waals surface area contributed by atoms with Crippen molar-refractivity contribution in [1.29, 1.82) is 0 Å². The number of ether oxygens (including phenoxy) is 3. The monoisotopic (exact) mass is 486 g/mol. The summed E-state index contributed by atoms with van der Waals surface area (Å²) in [6.07, 6.45) is 0. The van der Waals surface area contributed by atoms with Crippen molar-refractivity contribution in [3.8, 4) is 23.0 Å². The van der Waals surface area contributed by atoms with Gasteiger partial charge in [-0.25, -0.2) is 9.78 Å². The highest BCUT2D eigenvalue weighted by molar-refractivity contribution is 7.99. The lowest BCUT2D eigenvalue weighted by molar-refractivity contribution is 0.0531. The maximum atomic E-state index is 12.7. The first-order chi connectivity index (χ1) is 15.9. The molecule has 0 spiro atoms. The number of aromatic amines is 1. The normalized spacial score (nSPS) is 13.4. The zero-order chi connectivity index (χ0) is 23.1. The molecule has 0 saturated carbocycles. The van der Waals surface area contributed by atoms with Crippen LogP contribution in [0.5, 0.6) is 11.5 Å². The van der Waals surface area contributed by atoms with Crippen molar-refractivity contribution in [3.05, 3.63) is 44.8 Å². The molecular weight excluding hydrogens is 468 g/mol. The first-order valence-corrected chi connectivity index (χ1v) is 11.7. The van der Waals surface area contributed by atoms with E-state index in [2.05, 4.69) is 20.2 Å². The van der Waals surface area contributed by atoms with Crippen molar-refractivity contribution in [2.24, 2.45) is 0 Å². The number of esters is 1. The molecule has 0 bridgehead atoms. The number of nitrogens with zero attached hydrogens (tertiary/aromatic N) is 3. The quantitative estimate of drug-likeness (QED) is 0.314.